The van der Waals surface area contributed by atoms with Gasteiger partial charge < -0.3 is 10.1 Å². The minimum atomic E-state index is -0.407. The van der Waals surface area contributed by atoms with Crippen LogP contribution in [0.15, 0.2) is 61.1 Å². The molecule has 7 nitrogen and oxygen atoms in total. The molecule has 1 aliphatic carbocycles. The molecule has 0 spiro atoms. The third kappa shape index (κ3) is 4.06. The SMILES string of the molecule is Cc1ccc(OC[C@@H]2CCN2C)cc1C(=O)NC1(c2cc(-c3cn[nH]c3)cc3ncccc23)CC1. The molecule has 2 aliphatic rings. The van der Waals surface area contributed by atoms with Crippen molar-refractivity contribution in [2.24, 2.45) is 0 Å². The molecule has 178 valence electrons. The number of rotatable bonds is 7. The fraction of sp³-hybridized carbons (Fsp3) is 0.321. The summed E-state index contributed by atoms with van der Waals surface area (Å²) in [6.07, 6.45) is 8.42. The molecule has 2 N–H and O–H groups in total. The van der Waals surface area contributed by atoms with Crippen LogP contribution in [0.25, 0.3) is 22.0 Å². The number of pyridine rings is 1. The van der Waals surface area contributed by atoms with Gasteiger partial charge in [0.2, 0.25) is 0 Å². The first-order valence-corrected chi connectivity index (χ1v) is 12.2. The van der Waals surface area contributed by atoms with Crippen molar-refractivity contribution in [1.82, 2.24) is 25.4 Å². The molecule has 7 heteroatoms. The van der Waals surface area contributed by atoms with Crippen molar-refractivity contribution in [1.29, 1.82) is 0 Å². The number of ether oxygens (including phenoxy) is 1. The highest BCUT2D eigenvalue weighted by atomic mass is 16.5. The van der Waals surface area contributed by atoms with E-state index in [9.17, 15) is 4.79 Å². The molecule has 1 aliphatic heterocycles. The van der Waals surface area contributed by atoms with Crippen LogP contribution in [0.4, 0.5) is 0 Å². The molecule has 1 saturated heterocycles. The van der Waals surface area contributed by atoms with E-state index in [0.717, 1.165) is 64.7 Å². The predicted molar refractivity (Wildman–Crippen MR) is 135 cm³/mol. The average molecular weight is 468 g/mol. The van der Waals surface area contributed by atoms with E-state index in [-0.39, 0.29) is 5.91 Å². The zero-order valence-electron chi connectivity index (χ0n) is 20.0. The molecule has 0 bridgehead atoms. The molecule has 1 atom stereocenters. The summed E-state index contributed by atoms with van der Waals surface area (Å²) in [7, 11) is 2.11. The van der Waals surface area contributed by atoms with Crippen LogP contribution in [0, 0.1) is 6.92 Å². The number of hydrogen-bond donors (Lipinski definition) is 2. The summed E-state index contributed by atoms with van der Waals surface area (Å²) >= 11 is 0. The van der Waals surface area contributed by atoms with Crippen LogP contribution in [0.3, 0.4) is 0 Å². The van der Waals surface area contributed by atoms with Gasteiger partial charge in [-0.25, -0.2) is 0 Å². The number of fused-ring (bicyclic) bond motifs is 1. The Morgan fingerprint density at radius 1 is 1.23 bits per heavy atom. The largest absolute Gasteiger partial charge is 0.492 e. The molecular weight excluding hydrogens is 438 g/mol. The lowest BCUT2D eigenvalue weighted by molar-refractivity contribution is 0.0767. The highest BCUT2D eigenvalue weighted by molar-refractivity contribution is 5.98. The Labute approximate surface area is 204 Å². The van der Waals surface area contributed by atoms with Crippen LogP contribution in [-0.2, 0) is 5.54 Å². The third-order valence-electron chi connectivity index (χ3n) is 7.51. The van der Waals surface area contributed by atoms with Crippen molar-refractivity contribution < 1.29 is 9.53 Å². The van der Waals surface area contributed by atoms with Crippen molar-refractivity contribution in [3.63, 3.8) is 0 Å². The third-order valence-corrected chi connectivity index (χ3v) is 7.51. The summed E-state index contributed by atoms with van der Waals surface area (Å²) < 4.78 is 6.03. The highest BCUT2D eigenvalue weighted by Gasteiger charge is 2.47. The average Bonchev–Trinajstić information content (AvgIpc) is 3.42. The first kappa shape index (κ1) is 21.8. The summed E-state index contributed by atoms with van der Waals surface area (Å²) in [5, 5.41) is 11.4. The molecule has 2 aromatic heterocycles. The summed E-state index contributed by atoms with van der Waals surface area (Å²) in [4.78, 5) is 20.4. The van der Waals surface area contributed by atoms with Gasteiger partial charge in [0.05, 0.1) is 17.3 Å². The number of carbonyl (C=O) groups is 1. The fourth-order valence-electron chi connectivity index (χ4n) is 4.93. The zero-order valence-corrected chi connectivity index (χ0v) is 20.0. The Morgan fingerprint density at radius 2 is 2.11 bits per heavy atom. The van der Waals surface area contributed by atoms with Crippen molar-refractivity contribution in [3.05, 3.63) is 77.7 Å². The minimum absolute atomic E-state index is 0.0723. The van der Waals surface area contributed by atoms with E-state index >= 15 is 0 Å². The van der Waals surface area contributed by atoms with Gasteiger partial charge in [0.25, 0.3) is 5.91 Å². The summed E-state index contributed by atoms with van der Waals surface area (Å²) in [6, 6.07) is 14.5. The molecular formula is C28H29N5O2. The summed E-state index contributed by atoms with van der Waals surface area (Å²) in [5.74, 6) is 0.666. The van der Waals surface area contributed by atoms with Gasteiger partial charge in [0, 0.05) is 34.9 Å². The van der Waals surface area contributed by atoms with Gasteiger partial charge in [0.1, 0.15) is 12.4 Å². The lowest BCUT2D eigenvalue weighted by Gasteiger charge is -2.37. The first-order valence-electron chi connectivity index (χ1n) is 12.2. The molecule has 1 amide bonds. The van der Waals surface area contributed by atoms with E-state index in [4.69, 9.17) is 4.74 Å². The maximum Gasteiger partial charge on any atom is 0.252 e. The van der Waals surface area contributed by atoms with Gasteiger partial charge in [-0.1, -0.05) is 12.1 Å². The number of nitrogens with zero attached hydrogens (tertiary/aromatic N) is 3. The van der Waals surface area contributed by atoms with Crippen molar-refractivity contribution >= 4 is 16.8 Å². The molecule has 0 radical (unpaired) electrons. The van der Waals surface area contributed by atoms with Gasteiger partial charge in [-0.15, -0.1) is 0 Å². The maximum absolute atomic E-state index is 13.5. The number of carbonyl (C=O) groups excluding carboxylic acids is 1. The second kappa shape index (κ2) is 8.50. The van der Waals surface area contributed by atoms with Gasteiger partial charge in [-0.2, -0.15) is 5.10 Å². The molecule has 1 saturated carbocycles. The highest BCUT2D eigenvalue weighted by Crippen LogP contribution is 2.49. The smallest absolute Gasteiger partial charge is 0.252 e. The van der Waals surface area contributed by atoms with E-state index in [2.05, 4.69) is 50.6 Å². The number of aromatic amines is 1. The monoisotopic (exact) mass is 467 g/mol. The zero-order chi connectivity index (χ0) is 24.0. The molecule has 2 aromatic carbocycles. The van der Waals surface area contributed by atoms with Crippen LogP contribution < -0.4 is 10.1 Å². The normalized spacial score (nSPS) is 18.7. The quantitative estimate of drug-likeness (QED) is 0.420. The van der Waals surface area contributed by atoms with Crippen molar-refractivity contribution in [2.45, 2.75) is 37.8 Å². The number of aryl methyl sites for hydroxylation is 1. The number of aromatic nitrogens is 3. The van der Waals surface area contributed by atoms with E-state index < -0.39 is 5.54 Å². The van der Waals surface area contributed by atoms with Gasteiger partial charge in [0.15, 0.2) is 0 Å². The Morgan fingerprint density at radius 3 is 2.83 bits per heavy atom. The Kier molecular flexibility index (Phi) is 5.29. The van der Waals surface area contributed by atoms with Gasteiger partial charge in [-0.05, 0) is 86.8 Å². The van der Waals surface area contributed by atoms with Crippen LogP contribution >= 0.6 is 0 Å². The maximum atomic E-state index is 13.5. The lowest BCUT2D eigenvalue weighted by atomic mass is 9.94. The number of nitrogens with one attached hydrogen (secondary N) is 2. The van der Waals surface area contributed by atoms with Gasteiger partial charge >= 0.3 is 0 Å². The topological polar surface area (TPSA) is 83.1 Å². The molecule has 0 unspecified atom stereocenters. The summed E-state index contributed by atoms with van der Waals surface area (Å²) in [6.45, 7) is 3.73. The number of benzene rings is 2. The number of likely N-dealkylation sites (N-methyl/N-ethyl adjacent to an activating group) is 1. The van der Waals surface area contributed by atoms with Crippen LogP contribution in [-0.4, -0.2) is 52.2 Å². The number of hydrogen-bond acceptors (Lipinski definition) is 5. The molecule has 3 heterocycles. The molecule has 35 heavy (non-hydrogen) atoms. The predicted octanol–water partition coefficient (Wildman–Crippen LogP) is 4.44. The Hall–Kier alpha value is -3.71. The molecule has 4 aromatic rings. The minimum Gasteiger partial charge on any atom is -0.492 e. The van der Waals surface area contributed by atoms with Crippen molar-refractivity contribution in [3.8, 4) is 16.9 Å². The lowest BCUT2D eigenvalue weighted by Crippen LogP contribution is -2.48. The van der Waals surface area contributed by atoms with Crippen LogP contribution in [0.1, 0.15) is 40.7 Å². The number of H-pyrrole nitrogens is 1. The summed E-state index contributed by atoms with van der Waals surface area (Å²) in [5.41, 5.74) is 5.23. The van der Waals surface area contributed by atoms with Crippen LogP contribution in [0.2, 0.25) is 0 Å². The van der Waals surface area contributed by atoms with Gasteiger partial charge in [-0.3, -0.25) is 19.8 Å². The fourth-order valence-corrected chi connectivity index (χ4v) is 4.93. The number of amides is 1. The molecule has 6 rings (SSSR count). The van der Waals surface area contributed by atoms with E-state index in [0.29, 0.717) is 18.2 Å². The van der Waals surface area contributed by atoms with Crippen molar-refractivity contribution in [2.75, 3.05) is 20.2 Å². The van der Waals surface area contributed by atoms with Crippen LogP contribution in [0.5, 0.6) is 5.75 Å². The number of likely N-dealkylation sites (tertiary alicyclic amines) is 1. The van der Waals surface area contributed by atoms with E-state index in [1.807, 2.05) is 43.6 Å². The second-order valence-electron chi connectivity index (χ2n) is 9.83. The van der Waals surface area contributed by atoms with E-state index in [1.54, 1.807) is 6.20 Å². The Bertz CT molecular complexity index is 1390. The van der Waals surface area contributed by atoms with E-state index in [1.165, 1.54) is 0 Å². The second-order valence-corrected chi connectivity index (χ2v) is 9.83. The first-order chi connectivity index (χ1) is 17.0. The standard InChI is InChI=1S/C28H29N5O2/c1-18-5-6-22(35-17-21-7-11-33(21)2)14-24(18)27(34)32-28(8-9-28)25-12-19(20-15-30-31-16-20)13-26-23(25)4-3-10-29-26/h3-6,10,12-16,21H,7-9,11,17H2,1-2H3,(H,30,31)(H,32,34)/t21-/m0/s1. The Balaban J connectivity index is 1.29. The molecule has 2 fully saturated rings.